The molecule has 22 heavy (non-hydrogen) atoms. The molecule has 0 aromatic rings. The van der Waals surface area contributed by atoms with E-state index in [1.807, 2.05) is 0 Å². The van der Waals surface area contributed by atoms with Crippen LogP contribution in [0.4, 0.5) is 13.6 Å². The lowest BCUT2D eigenvalue weighted by atomic mass is 9.83. The van der Waals surface area contributed by atoms with Crippen LogP contribution in [0.3, 0.4) is 0 Å². The van der Waals surface area contributed by atoms with Gasteiger partial charge in [0, 0.05) is 56.8 Å². The summed E-state index contributed by atoms with van der Waals surface area (Å²) in [4.78, 5) is 14.2. The van der Waals surface area contributed by atoms with E-state index < -0.39 is 5.92 Å². The molecule has 4 nitrogen and oxygen atoms in total. The van der Waals surface area contributed by atoms with E-state index >= 15 is 0 Å². The molecule has 6 heteroatoms. The molecular formula is C16H24F2N2O2. The van der Waals surface area contributed by atoms with Crippen LogP contribution in [0.5, 0.6) is 0 Å². The number of carbonyl (C=O) groups excluding carboxylic acids is 1. The second kappa shape index (κ2) is 5.05. The largest absolute Gasteiger partial charge is 0.443 e. The first-order chi connectivity index (χ1) is 10.4. The Morgan fingerprint density at radius 2 is 1.68 bits per heavy atom. The Kier molecular flexibility index (Phi) is 3.36. The number of amides is 1. The van der Waals surface area contributed by atoms with Gasteiger partial charge in [-0.2, -0.15) is 0 Å². The zero-order valence-corrected chi connectivity index (χ0v) is 12.8. The van der Waals surface area contributed by atoms with Crippen molar-refractivity contribution in [3.63, 3.8) is 0 Å². The van der Waals surface area contributed by atoms with Crippen molar-refractivity contribution in [2.24, 2.45) is 0 Å². The van der Waals surface area contributed by atoms with E-state index in [0.717, 1.165) is 19.3 Å². The average molecular weight is 314 g/mol. The predicted molar refractivity (Wildman–Crippen MR) is 76.9 cm³/mol. The maximum absolute atomic E-state index is 13.3. The molecule has 124 valence electrons. The Labute approximate surface area is 129 Å². The van der Waals surface area contributed by atoms with Gasteiger partial charge in [0.05, 0.1) is 0 Å². The van der Waals surface area contributed by atoms with Gasteiger partial charge in [0.15, 0.2) is 0 Å². The molecule has 4 rings (SSSR count). The highest BCUT2D eigenvalue weighted by Gasteiger charge is 2.50. The second-order valence-electron chi connectivity index (χ2n) is 7.63. The lowest BCUT2D eigenvalue weighted by Crippen LogP contribution is -2.58. The molecule has 0 aromatic heterocycles. The fourth-order valence-electron chi connectivity index (χ4n) is 4.87. The standard InChI is InChI=1S/C16H24F2N2O2/c17-16(18)5-3-13(4-6-16)20-8-7-15(22-14(20)21)9-11-1-2-12(10-15)19-11/h11-13,19H,1-10H2/t11-,12+,15?. The van der Waals surface area contributed by atoms with Gasteiger partial charge in [-0.25, -0.2) is 13.6 Å². The summed E-state index contributed by atoms with van der Waals surface area (Å²) >= 11 is 0. The number of fused-ring (bicyclic) bond motifs is 2. The molecule has 0 radical (unpaired) electrons. The normalized spacial score (nSPS) is 41.7. The Hall–Kier alpha value is -0.910. The van der Waals surface area contributed by atoms with E-state index in [0.29, 0.717) is 31.5 Å². The Bertz CT molecular complexity index is 449. The third-order valence-electron chi connectivity index (χ3n) is 6.05. The van der Waals surface area contributed by atoms with Gasteiger partial charge in [-0.15, -0.1) is 0 Å². The topological polar surface area (TPSA) is 41.6 Å². The van der Waals surface area contributed by atoms with Crippen LogP contribution in [0.1, 0.15) is 57.8 Å². The summed E-state index contributed by atoms with van der Waals surface area (Å²) in [7, 11) is 0. The van der Waals surface area contributed by atoms with Gasteiger partial charge in [0.1, 0.15) is 5.60 Å². The number of alkyl halides is 2. The molecule has 1 aliphatic carbocycles. The number of halogens is 2. The molecule has 0 aromatic carbocycles. The van der Waals surface area contributed by atoms with Crippen molar-refractivity contribution >= 4 is 6.09 Å². The van der Waals surface area contributed by atoms with Crippen LogP contribution in [0.25, 0.3) is 0 Å². The Balaban J connectivity index is 1.40. The summed E-state index contributed by atoms with van der Waals surface area (Å²) in [5.74, 6) is -2.55. The third-order valence-corrected chi connectivity index (χ3v) is 6.05. The average Bonchev–Trinajstić information content (AvgIpc) is 2.80. The molecule has 2 bridgehead atoms. The first-order valence-corrected chi connectivity index (χ1v) is 8.58. The van der Waals surface area contributed by atoms with Crippen LogP contribution in [0.2, 0.25) is 0 Å². The number of nitrogens with one attached hydrogen (secondary N) is 1. The highest BCUT2D eigenvalue weighted by atomic mass is 19.3. The quantitative estimate of drug-likeness (QED) is 0.809. The smallest absolute Gasteiger partial charge is 0.410 e. The zero-order valence-electron chi connectivity index (χ0n) is 12.8. The van der Waals surface area contributed by atoms with E-state index in [9.17, 15) is 13.6 Å². The molecule has 1 amide bonds. The van der Waals surface area contributed by atoms with Crippen molar-refractivity contribution in [3.05, 3.63) is 0 Å². The minimum absolute atomic E-state index is 0.0667. The highest BCUT2D eigenvalue weighted by molar-refractivity contribution is 5.69. The van der Waals surface area contributed by atoms with Crippen LogP contribution >= 0.6 is 0 Å². The van der Waals surface area contributed by atoms with Gasteiger partial charge >= 0.3 is 6.09 Å². The Morgan fingerprint density at radius 3 is 2.27 bits per heavy atom. The van der Waals surface area contributed by atoms with Crippen molar-refractivity contribution in [3.8, 4) is 0 Å². The minimum Gasteiger partial charge on any atom is -0.443 e. The monoisotopic (exact) mass is 314 g/mol. The molecular weight excluding hydrogens is 290 g/mol. The number of hydrogen-bond acceptors (Lipinski definition) is 3. The maximum atomic E-state index is 13.3. The molecule has 1 unspecified atom stereocenters. The van der Waals surface area contributed by atoms with Crippen molar-refractivity contribution in [1.29, 1.82) is 0 Å². The van der Waals surface area contributed by atoms with E-state index in [1.165, 1.54) is 12.8 Å². The first-order valence-electron chi connectivity index (χ1n) is 8.58. The SMILES string of the molecule is O=C1OC2(CCN1C1CCC(F)(F)CC1)C[C@H]1CC[C@@H](C2)N1. The van der Waals surface area contributed by atoms with Crippen LogP contribution in [0.15, 0.2) is 0 Å². The number of piperidine rings is 1. The zero-order chi connectivity index (χ0) is 15.4. The van der Waals surface area contributed by atoms with E-state index in [2.05, 4.69) is 5.32 Å². The first kappa shape index (κ1) is 14.7. The molecule has 3 aliphatic heterocycles. The number of hydrogen-bond donors (Lipinski definition) is 1. The molecule has 1 saturated carbocycles. The third kappa shape index (κ3) is 2.59. The molecule has 1 spiro atoms. The second-order valence-corrected chi connectivity index (χ2v) is 7.63. The molecule has 1 N–H and O–H groups in total. The van der Waals surface area contributed by atoms with Gasteiger partial charge in [-0.3, -0.25) is 0 Å². The highest BCUT2D eigenvalue weighted by Crippen LogP contribution is 2.43. The van der Waals surface area contributed by atoms with Gasteiger partial charge < -0.3 is 15.0 Å². The van der Waals surface area contributed by atoms with Crippen LogP contribution < -0.4 is 5.32 Å². The van der Waals surface area contributed by atoms with Gasteiger partial charge in [-0.1, -0.05) is 0 Å². The minimum atomic E-state index is -2.55. The summed E-state index contributed by atoms with van der Waals surface area (Å²) in [6.07, 6.45) is 5.29. The number of rotatable bonds is 1. The fraction of sp³-hybridized carbons (Fsp3) is 0.938. The van der Waals surface area contributed by atoms with Crippen LogP contribution in [0, 0.1) is 0 Å². The lowest BCUT2D eigenvalue weighted by Gasteiger charge is -2.48. The summed E-state index contributed by atoms with van der Waals surface area (Å²) < 4.78 is 32.4. The molecule has 3 atom stereocenters. The van der Waals surface area contributed by atoms with Crippen molar-refractivity contribution < 1.29 is 18.3 Å². The van der Waals surface area contributed by atoms with Crippen molar-refractivity contribution in [2.75, 3.05) is 6.54 Å². The van der Waals surface area contributed by atoms with Crippen molar-refractivity contribution in [2.45, 2.75) is 87.4 Å². The van der Waals surface area contributed by atoms with Gasteiger partial charge in [-0.05, 0) is 25.7 Å². The van der Waals surface area contributed by atoms with E-state index in [-0.39, 0.29) is 30.6 Å². The molecule has 3 saturated heterocycles. The fourth-order valence-corrected chi connectivity index (χ4v) is 4.87. The number of ether oxygens (including phenoxy) is 1. The number of carbonyl (C=O) groups is 1. The van der Waals surface area contributed by atoms with Gasteiger partial charge in [0.2, 0.25) is 5.92 Å². The Morgan fingerprint density at radius 1 is 1.05 bits per heavy atom. The van der Waals surface area contributed by atoms with Crippen molar-refractivity contribution in [1.82, 2.24) is 10.2 Å². The summed E-state index contributed by atoms with van der Waals surface area (Å²) in [5, 5.41) is 3.57. The lowest BCUT2D eigenvalue weighted by molar-refractivity contribution is -0.0966. The summed E-state index contributed by atoms with van der Waals surface area (Å²) in [6, 6.07) is 0.890. The predicted octanol–water partition coefficient (Wildman–Crippen LogP) is 3.06. The maximum Gasteiger partial charge on any atom is 0.410 e. The molecule has 4 fully saturated rings. The molecule has 3 heterocycles. The summed E-state index contributed by atoms with van der Waals surface area (Å²) in [6.45, 7) is 0.661. The number of nitrogens with zero attached hydrogens (tertiary/aromatic N) is 1. The van der Waals surface area contributed by atoms with Crippen LogP contribution in [-0.4, -0.2) is 47.2 Å². The van der Waals surface area contributed by atoms with Crippen LogP contribution in [-0.2, 0) is 4.74 Å². The van der Waals surface area contributed by atoms with E-state index in [4.69, 9.17) is 4.74 Å². The van der Waals surface area contributed by atoms with Gasteiger partial charge in [0.25, 0.3) is 0 Å². The van der Waals surface area contributed by atoms with E-state index in [1.54, 1.807) is 4.90 Å². The molecule has 4 aliphatic rings. The summed E-state index contributed by atoms with van der Waals surface area (Å²) in [5.41, 5.74) is -0.302.